The van der Waals surface area contributed by atoms with Crippen LogP contribution in [0.15, 0.2) is 0 Å². The zero-order valence-corrected chi connectivity index (χ0v) is 11.3. The number of unbranched alkanes of at least 4 members (excludes halogenated alkanes) is 1. The molecule has 5 nitrogen and oxygen atoms in total. The van der Waals surface area contributed by atoms with Crippen LogP contribution in [0.2, 0.25) is 0 Å². The predicted molar refractivity (Wildman–Crippen MR) is 67.0 cm³/mol. The molecule has 0 aliphatic carbocycles. The van der Waals surface area contributed by atoms with Crippen LogP contribution in [-0.4, -0.2) is 50.2 Å². The minimum absolute atomic E-state index is 0.104. The Bertz CT molecular complexity index is 280. The Balaban J connectivity index is 2.29. The van der Waals surface area contributed by atoms with Gasteiger partial charge in [0.15, 0.2) is 0 Å². The number of nitrogens with zero attached hydrogens (tertiary/aromatic N) is 1. The van der Waals surface area contributed by atoms with E-state index in [9.17, 15) is 9.59 Å². The summed E-state index contributed by atoms with van der Waals surface area (Å²) in [6.45, 7) is 4.26. The average molecular weight is 257 g/mol. The third-order valence-electron chi connectivity index (χ3n) is 3.15. The Kier molecular flexibility index (Phi) is 6.72. The van der Waals surface area contributed by atoms with E-state index in [0.29, 0.717) is 13.2 Å². The Morgan fingerprint density at radius 2 is 2.17 bits per heavy atom. The molecule has 1 atom stereocenters. The number of likely N-dealkylation sites (tertiary alicyclic amines) is 1. The Morgan fingerprint density at radius 1 is 1.39 bits per heavy atom. The molecule has 0 unspecified atom stereocenters. The first-order valence-electron chi connectivity index (χ1n) is 6.63. The highest BCUT2D eigenvalue weighted by Crippen LogP contribution is 2.17. The van der Waals surface area contributed by atoms with Crippen molar-refractivity contribution in [2.24, 2.45) is 5.92 Å². The van der Waals surface area contributed by atoms with Crippen molar-refractivity contribution in [2.75, 3.05) is 33.4 Å². The number of carbonyl (C=O) groups is 2. The fourth-order valence-electron chi connectivity index (χ4n) is 2.12. The summed E-state index contributed by atoms with van der Waals surface area (Å²) >= 11 is 0. The van der Waals surface area contributed by atoms with Crippen LogP contribution in [-0.2, 0) is 19.1 Å². The molecule has 104 valence electrons. The first-order chi connectivity index (χ1) is 8.67. The van der Waals surface area contributed by atoms with Gasteiger partial charge in [-0.3, -0.25) is 14.5 Å². The zero-order chi connectivity index (χ0) is 13.4. The van der Waals surface area contributed by atoms with E-state index in [0.717, 1.165) is 32.2 Å². The highest BCUT2D eigenvalue weighted by Gasteiger charge is 2.27. The van der Waals surface area contributed by atoms with Crippen molar-refractivity contribution in [1.29, 1.82) is 0 Å². The van der Waals surface area contributed by atoms with Gasteiger partial charge in [-0.25, -0.2) is 0 Å². The summed E-state index contributed by atoms with van der Waals surface area (Å²) < 4.78 is 9.85. The van der Waals surface area contributed by atoms with Crippen molar-refractivity contribution in [2.45, 2.75) is 32.6 Å². The number of piperidine rings is 1. The van der Waals surface area contributed by atoms with Gasteiger partial charge in [0.1, 0.15) is 0 Å². The third-order valence-corrected chi connectivity index (χ3v) is 3.15. The van der Waals surface area contributed by atoms with E-state index < -0.39 is 0 Å². The molecule has 0 spiro atoms. The largest absolute Gasteiger partial charge is 0.469 e. The third kappa shape index (κ3) is 5.04. The van der Waals surface area contributed by atoms with Gasteiger partial charge >= 0.3 is 11.9 Å². The maximum Gasteiger partial charge on any atom is 0.320 e. The number of ether oxygens (including phenoxy) is 2. The Labute approximate surface area is 108 Å². The molecule has 5 heteroatoms. The van der Waals surface area contributed by atoms with Crippen LogP contribution in [0.25, 0.3) is 0 Å². The van der Waals surface area contributed by atoms with Gasteiger partial charge in [-0.05, 0) is 25.8 Å². The summed E-state index contributed by atoms with van der Waals surface area (Å²) in [5.41, 5.74) is 0. The lowest BCUT2D eigenvalue weighted by Crippen LogP contribution is -2.42. The van der Waals surface area contributed by atoms with E-state index in [1.165, 1.54) is 7.11 Å². The molecule has 18 heavy (non-hydrogen) atoms. The van der Waals surface area contributed by atoms with Crippen molar-refractivity contribution in [3.8, 4) is 0 Å². The zero-order valence-electron chi connectivity index (χ0n) is 11.3. The molecule has 0 aromatic heterocycles. The lowest BCUT2D eigenvalue weighted by Gasteiger charge is -2.30. The van der Waals surface area contributed by atoms with Gasteiger partial charge < -0.3 is 9.47 Å². The van der Waals surface area contributed by atoms with Crippen LogP contribution in [0.1, 0.15) is 32.6 Å². The fourth-order valence-corrected chi connectivity index (χ4v) is 2.12. The summed E-state index contributed by atoms with van der Waals surface area (Å²) in [5, 5.41) is 0. The van der Waals surface area contributed by atoms with Gasteiger partial charge in [-0.2, -0.15) is 0 Å². The second kappa shape index (κ2) is 8.08. The van der Waals surface area contributed by atoms with Crippen molar-refractivity contribution in [1.82, 2.24) is 4.90 Å². The van der Waals surface area contributed by atoms with Crippen molar-refractivity contribution >= 4 is 11.9 Å². The van der Waals surface area contributed by atoms with Gasteiger partial charge in [0.05, 0.1) is 26.2 Å². The minimum atomic E-state index is -0.200. The second-order valence-electron chi connectivity index (χ2n) is 4.67. The van der Waals surface area contributed by atoms with Gasteiger partial charge in [0.25, 0.3) is 0 Å². The van der Waals surface area contributed by atoms with Crippen LogP contribution < -0.4 is 0 Å². The van der Waals surface area contributed by atoms with Crippen molar-refractivity contribution in [3.05, 3.63) is 0 Å². The van der Waals surface area contributed by atoms with E-state index in [4.69, 9.17) is 9.47 Å². The average Bonchev–Trinajstić information content (AvgIpc) is 2.38. The smallest absolute Gasteiger partial charge is 0.320 e. The first kappa shape index (κ1) is 15.0. The van der Waals surface area contributed by atoms with Gasteiger partial charge in [-0.1, -0.05) is 13.3 Å². The molecule has 0 radical (unpaired) electrons. The normalized spacial score (nSPS) is 20.4. The number of carbonyl (C=O) groups excluding carboxylic acids is 2. The monoisotopic (exact) mass is 257 g/mol. The van der Waals surface area contributed by atoms with Gasteiger partial charge in [0.2, 0.25) is 0 Å². The fraction of sp³-hybridized carbons (Fsp3) is 0.846. The molecule has 0 bridgehead atoms. The topological polar surface area (TPSA) is 55.8 Å². The molecule has 1 aliphatic rings. The van der Waals surface area contributed by atoms with E-state index in [1.54, 1.807) is 0 Å². The lowest BCUT2D eigenvalue weighted by atomic mass is 9.98. The summed E-state index contributed by atoms with van der Waals surface area (Å²) in [7, 11) is 1.40. The molecule has 0 aromatic carbocycles. The quantitative estimate of drug-likeness (QED) is 0.529. The van der Waals surface area contributed by atoms with Crippen LogP contribution in [0.5, 0.6) is 0 Å². The summed E-state index contributed by atoms with van der Waals surface area (Å²) in [4.78, 5) is 25.0. The molecular formula is C13H23NO4. The van der Waals surface area contributed by atoms with Crippen LogP contribution in [0, 0.1) is 5.92 Å². The molecule has 1 rings (SSSR count). The molecule has 0 saturated carbocycles. The SMILES string of the molecule is CCCCOC(=O)CN1CCC[C@H](C(=O)OC)C1. The van der Waals surface area contributed by atoms with Crippen LogP contribution in [0.4, 0.5) is 0 Å². The minimum Gasteiger partial charge on any atom is -0.469 e. The van der Waals surface area contributed by atoms with Crippen molar-refractivity contribution < 1.29 is 19.1 Å². The Hall–Kier alpha value is -1.10. The van der Waals surface area contributed by atoms with E-state index in [-0.39, 0.29) is 24.4 Å². The van der Waals surface area contributed by atoms with Crippen molar-refractivity contribution in [3.63, 3.8) is 0 Å². The highest BCUT2D eigenvalue weighted by atomic mass is 16.5. The number of hydrogen-bond acceptors (Lipinski definition) is 5. The molecule has 1 saturated heterocycles. The molecule has 1 heterocycles. The van der Waals surface area contributed by atoms with E-state index in [2.05, 4.69) is 6.92 Å². The molecule has 1 aliphatic heterocycles. The highest BCUT2D eigenvalue weighted by molar-refractivity contribution is 5.73. The van der Waals surface area contributed by atoms with Crippen LogP contribution in [0.3, 0.4) is 0 Å². The summed E-state index contributed by atoms with van der Waals surface area (Å²) in [5.74, 6) is -0.486. The molecule has 1 fully saturated rings. The molecule has 0 amide bonds. The second-order valence-corrected chi connectivity index (χ2v) is 4.67. The van der Waals surface area contributed by atoms with Gasteiger partial charge in [0, 0.05) is 6.54 Å². The maximum absolute atomic E-state index is 11.6. The number of rotatable bonds is 6. The maximum atomic E-state index is 11.6. The standard InChI is InChI=1S/C13H23NO4/c1-3-4-8-18-12(15)10-14-7-5-6-11(9-14)13(16)17-2/h11H,3-10H2,1-2H3/t11-/m0/s1. The number of esters is 2. The molecule has 0 aromatic rings. The first-order valence-corrected chi connectivity index (χ1v) is 6.63. The number of methoxy groups -OCH3 is 1. The Morgan fingerprint density at radius 3 is 2.83 bits per heavy atom. The summed E-state index contributed by atoms with van der Waals surface area (Å²) in [6.07, 6.45) is 3.67. The molecular weight excluding hydrogens is 234 g/mol. The number of hydrogen-bond donors (Lipinski definition) is 0. The van der Waals surface area contributed by atoms with E-state index in [1.807, 2.05) is 4.90 Å². The molecule has 0 N–H and O–H groups in total. The predicted octanol–water partition coefficient (Wildman–Crippen LogP) is 1.21. The van der Waals surface area contributed by atoms with Crippen LogP contribution >= 0.6 is 0 Å². The summed E-state index contributed by atoms with van der Waals surface area (Å²) in [6, 6.07) is 0. The van der Waals surface area contributed by atoms with E-state index >= 15 is 0 Å². The van der Waals surface area contributed by atoms with Gasteiger partial charge in [-0.15, -0.1) is 0 Å². The lowest BCUT2D eigenvalue weighted by molar-refractivity contribution is -0.151.